The molecule has 0 aromatic heterocycles. The zero-order valence-corrected chi connectivity index (χ0v) is 15.1. The zero-order chi connectivity index (χ0) is 16.0. The third kappa shape index (κ3) is 8.80. The second kappa shape index (κ2) is 13.0. The van der Waals surface area contributed by atoms with Gasteiger partial charge in [0.1, 0.15) is 6.10 Å². The molecule has 1 rings (SSSR count). The molecule has 0 aliphatic heterocycles. The van der Waals surface area contributed by atoms with Crippen molar-refractivity contribution in [2.24, 2.45) is 5.92 Å². The van der Waals surface area contributed by atoms with Gasteiger partial charge in [-0.3, -0.25) is 4.79 Å². The largest absolute Gasteiger partial charge is 0.462 e. The molecular formula is C20H38O2. The van der Waals surface area contributed by atoms with Crippen molar-refractivity contribution in [3.8, 4) is 0 Å². The lowest BCUT2D eigenvalue weighted by Gasteiger charge is -2.26. The summed E-state index contributed by atoms with van der Waals surface area (Å²) >= 11 is 0. The van der Waals surface area contributed by atoms with Gasteiger partial charge in [0.25, 0.3) is 0 Å². The van der Waals surface area contributed by atoms with E-state index >= 15 is 0 Å². The summed E-state index contributed by atoms with van der Waals surface area (Å²) < 4.78 is 5.73. The van der Waals surface area contributed by atoms with Gasteiger partial charge in [-0.25, -0.2) is 0 Å². The van der Waals surface area contributed by atoms with Gasteiger partial charge < -0.3 is 4.74 Å². The van der Waals surface area contributed by atoms with Crippen LogP contribution in [0.2, 0.25) is 0 Å². The van der Waals surface area contributed by atoms with Crippen molar-refractivity contribution in [2.75, 3.05) is 0 Å². The maximum Gasteiger partial charge on any atom is 0.309 e. The van der Waals surface area contributed by atoms with Gasteiger partial charge in [-0.1, -0.05) is 78.1 Å². The minimum atomic E-state index is 0.0839. The Hall–Kier alpha value is -0.530. The predicted octanol–water partition coefficient (Wildman–Crippen LogP) is 6.42. The molecule has 0 amide bonds. The Bertz CT molecular complexity index is 271. The number of rotatable bonds is 14. The molecule has 0 bridgehead atoms. The predicted molar refractivity (Wildman–Crippen MR) is 94.0 cm³/mol. The average molecular weight is 311 g/mol. The van der Waals surface area contributed by atoms with Gasteiger partial charge in [-0.05, 0) is 32.1 Å². The van der Waals surface area contributed by atoms with E-state index in [-0.39, 0.29) is 18.0 Å². The highest BCUT2D eigenvalue weighted by Crippen LogP contribution is 2.28. The van der Waals surface area contributed by atoms with E-state index in [2.05, 4.69) is 13.8 Å². The molecule has 1 unspecified atom stereocenters. The van der Waals surface area contributed by atoms with Crippen molar-refractivity contribution in [2.45, 2.75) is 116 Å². The van der Waals surface area contributed by atoms with E-state index in [4.69, 9.17) is 4.74 Å². The van der Waals surface area contributed by atoms with Gasteiger partial charge in [-0.2, -0.15) is 0 Å². The Kier molecular flexibility index (Phi) is 11.5. The monoisotopic (exact) mass is 310 g/mol. The molecule has 2 nitrogen and oxygen atoms in total. The van der Waals surface area contributed by atoms with Crippen molar-refractivity contribution in [3.63, 3.8) is 0 Å². The maximum atomic E-state index is 11.9. The van der Waals surface area contributed by atoms with Crippen LogP contribution in [0.4, 0.5) is 0 Å². The van der Waals surface area contributed by atoms with E-state index in [1.54, 1.807) is 0 Å². The van der Waals surface area contributed by atoms with Gasteiger partial charge in [0, 0.05) is 0 Å². The van der Waals surface area contributed by atoms with Crippen molar-refractivity contribution in [3.05, 3.63) is 0 Å². The lowest BCUT2D eigenvalue weighted by atomic mass is 9.85. The minimum Gasteiger partial charge on any atom is -0.462 e. The highest BCUT2D eigenvalue weighted by molar-refractivity contribution is 5.73. The third-order valence-corrected chi connectivity index (χ3v) is 4.96. The first-order valence-electron chi connectivity index (χ1n) is 9.98. The summed E-state index contributed by atoms with van der Waals surface area (Å²) in [4.78, 5) is 11.9. The van der Waals surface area contributed by atoms with E-state index in [0.29, 0.717) is 0 Å². The van der Waals surface area contributed by atoms with E-state index in [9.17, 15) is 4.79 Å². The molecule has 0 aromatic rings. The number of carbonyl (C=O) groups is 1. The summed E-state index contributed by atoms with van der Waals surface area (Å²) in [6.07, 6.45) is 18.9. The molecule has 0 N–H and O–H groups in total. The summed E-state index contributed by atoms with van der Waals surface area (Å²) in [5.74, 6) is 0.308. The van der Waals surface area contributed by atoms with Crippen LogP contribution in [0.1, 0.15) is 110 Å². The fourth-order valence-corrected chi connectivity index (χ4v) is 3.17. The Labute approximate surface area is 138 Å². The number of carbonyl (C=O) groups excluding carboxylic acids is 1. The number of hydrogen-bond donors (Lipinski definition) is 0. The van der Waals surface area contributed by atoms with Crippen molar-refractivity contribution in [1.29, 1.82) is 0 Å². The first-order valence-corrected chi connectivity index (χ1v) is 9.98. The summed E-state index contributed by atoms with van der Waals surface area (Å²) in [6.45, 7) is 4.45. The van der Waals surface area contributed by atoms with E-state index in [0.717, 1.165) is 32.1 Å². The molecule has 1 saturated carbocycles. The Morgan fingerprint density at radius 3 is 1.95 bits per heavy atom. The highest BCUT2D eigenvalue weighted by atomic mass is 16.5. The van der Waals surface area contributed by atoms with Gasteiger partial charge in [0.2, 0.25) is 0 Å². The molecule has 0 spiro atoms. The van der Waals surface area contributed by atoms with Gasteiger partial charge in [0.15, 0.2) is 0 Å². The molecule has 0 aromatic carbocycles. The van der Waals surface area contributed by atoms with Gasteiger partial charge >= 0.3 is 5.97 Å². The van der Waals surface area contributed by atoms with Crippen LogP contribution in [0.25, 0.3) is 0 Å². The smallest absolute Gasteiger partial charge is 0.309 e. The molecule has 1 atom stereocenters. The summed E-state index contributed by atoms with van der Waals surface area (Å²) in [5.41, 5.74) is 0. The molecule has 1 fully saturated rings. The molecule has 22 heavy (non-hydrogen) atoms. The fraction of sp³-hybridized carbons (Fsp3) is 0.950. The number of ether oxygens (including phenoxy) is 1. The first kappa shape index (κ1) is 19.5. The Morgan fingerprint density at radius 2 is 1.45 bits per heavy atom. The molecule has 130 valence electrons. The van der Waals surface area contributed by atoms with E-state index < -0.39 is 0 Å². The molecule has 1 aliphatic rings. The second-order valence-corrected chi connectivity index (χ2v) is 7.09. The number of unbranched alkanes of at least 4 members (excludes halogenated alkanes) is 8. The van der Waals surface area contributed by atoms with Crippen molar-refractivity contribution in [1.82, 2.24) is 0 Å². The lowest BCUT2D eigenvalue weighted by molar-refractivity contribution is -0.157. The topological polar surface area (TPSA) is 26.3 Å². The molecule has 0 heterocycles. The zero-order valence-electron chi connectivity index (χ0n) is 15.1. The quantitative estimate of drug-likeness (QED) is 0.273. The summed E-state index contributed by atoms with van der Waals surface area (Å²) in [6, 6.07) is 0. The number of hydrogen-bond acceptors (Lipinski definition) is 2. The van der Waals surface area contributed by atoms with Crippen molar-refractivity contribution >= 4 is 5.97 Å². The average Bonchev–Trinajstić information content (AvgIpc) is 2.43. The van der Waals surface area contributed by atoms with Crippen LogP contribution >= 0.6 is 0 Å². The van der Waals surface area contributed by atoms with Gasteiger partial charge in [0.05, 0.1) is 5.92 Å². The Balaban J connectivity index is 1.99. The molecule has 0 radical (unpaired) electrons. The first-order chi connectivity index (χ1) is 10.8. The van der Waals surface area contributed by atoms with E-state index in [1.165, 1.54) is 64.2 Å². The van der Waals surface area contributed by atoms with Crippen LogP contribution in [0.5, 0.6) is 0 Å². The lowest BCUT2D eigenvalue weighted by Crippen LogP contribution is -2.28. The maximum absolute atomic E-state index is 11.9. The minimum absolute atomic E-state index is 0.0839. The number of esters is 1. The van der Waals surface area contributed by atoms with Crippen LogP contribution in [-0.2, 0) is 9.53 Å². The molecule has 2 heteroatoms. The highest BCUT2D eigenvalue weighted by Gasteiger charge is 2.28. The SMILES string of the molecule is CCCCCCCCCCCC(CCC)OC(=O)C1CCC1. The Morgan fingerprint density at radius 1 is 0.864 bits per heavy atom. The standard InChI is InChI=1S/C20H38O2/c1-3-5-6-7-8-9-10-11-12-17-19(14-4-2)22-20(21)18-15-13-16-18/h18-19H,3-17H2,1-2H3. The third-order valence-electron chi connectivity index (χ3n) is 4.96. The van der Waals surface area contributed by atoms with Crippen LogP contribution in [0, 0.1) is 5.92 Å². The van der Waals surface area contributed by atoms with Crippen molar-refractivity contribution < 1.29 is 9.53 Å². The molecule has 0 saturated heterocycles. The van der Waals surface area contributed by atoms with Crippen LogP contribution in [-0.4, -0.2) is 12.1 Å². The van der Waals surface area contributed by atoms with Crippen LogP contribution < -0.4 is 0 Å². The second-order valence-electron chi connectivity index (χ2n) is 7.09. The van der Waals surface area contributed by atoms with Crippen LogP contribution in [0.3, 0.4) is 0 Å². The van der Waals surface area contributed by atoms with E-state index in [1.807, 2.05) is 0 Å². The molecule has 1 aliphatic carbocycles. The van der Waals surface area contributed by atoms with Crippen LogP contribution in [0.15, 0.2) is 0 Å². The van der Waals surface area contributed by atoms with Gasteiger partial charge in [-0.15, -0.1) is 0 Å². The summed E-state index contributed by atoms with van der Waals surface area (Å²) in [5, 5.41) is 0. The summed E-state index contributed by atoms with van der Waals surface area (Å²) in [7, 11) is 0. The molecular weight excluding hydrogens is 272 g/mol. The fourth-order valence-electron chi connectivity index (χ4n) is 3.17. The normalized spacial score (nSPS) is 16.3.